The second kappa shape index (κ2) is 6.84. The summed E-state index contributed by atoms with van der Waals surface area (Å²) in [7, 11) is 0. The Balaban J connectivity index is 1.71. The first-order valence-corrected chi connectivity index (χ1v) is 9.03. The smallest absolute Gasteiger partial charge is 0.335 e. The number of halogens is 6. The fourth-order valence-corrected chi connectivity index (χ4v) is 3.68. The average Bonchev–Trinajstić information content (AvgIpc) is 3.18. The van der Waals surface area contributed by atoms with Gasteiger partial charge in [0.25, 0.3) is 5.92 Å². The van der Waals surface area contributed by atoms with Gasteiger partial charge in [0.05, 0.1) is 25.0 Å². The van der Waals surface area contributed by atoms with Crippen LogP contribution in [0.1, 0.15) is 36.8 Å². The number of alkyl halides is 4. The van der Waals surface area contributed by atoms with Crippen LogP contribution < -0.4 is 5.69 Å². The Bertz CT molecular complexity index is 1070. The van der Waals surface area contributed by atoms with Gasteiger partial charge in [0.15, 0.2) is 0 Å². The van der Waals surface area contributed by atoms with E-state index in [1.807, 2.05) is 0 Å². The molecule has 30 heavy (non-hydrogen) atoms. The lowest BCUT2D eigenvalue weighted by Crippen LogP contribution is -2.44. The number of hydrogen-bond donors (Lipinski definition) is 0. The minimum atomic E-state index is -3.55. The number of fused-ring (bicyclic) bond motifs is 1. The molecule has 2 aliphatic heterocycles. The van der Waals surface area contributed by atoms with Crippen LogP contribution in [0.15, 0.2) is 17.1 Å². The summed E-state index contributed by atoms with van der Waals surface area (Å²) in [6.45, 7) is -1.80. The van der Waals surface area contributed by atoms with Crippen LogP contribution in [0.3, 0.4) is 0 Å². The maximum absolute atomic E-state index is 14.4. The maximum atomic E-state index is 14.4. The average molecular weight is 435 g/mol. The molecule has 4 rings (SSSR count). The van der Waals surface area contributed by atoms with E-state index < -0.39 is 85.0 Å². The van der Waals surface area contributed by atoms with Gasteiger partial charge < -0.3 is 4.90 Å². The van der Waals surface area contributed by atoms with Gasteiger partial charge in [-0.3, -0.25) is 14.3 Å². The number of rotatable bonds is 3. The van der Waals surface area contributed by atoms with Gasteiger partial charge in [-0.25, -0.2) is 27.0 Å². The number of amides is 1. The van der Waals surface area contributed by atoms with Crippen LogP contribution in [0, 0.1) is 11.6 Å². The molecule has 1 unspecified atom stereocenters. The second-order valence-corrected chi connectivity index (χ2v) is 7.34. The van der Waals surface area contributed by atoms with Gasteiger partial charge in [0, 0.05) is 25.5 Å². The molecule has 0 aliphatic carbocycles. The first kappa shape index (κ1) is 20.4. The molecule has 2 aromatic rings. The lowest BCUT2D eigenvalue weighted by Gasteiger charge is -2.30. The molecule has 1 atom stereocenters. The largest absolute Gasteiger partial charge is 0.347 e. The molecule has 162 valence electrons. The zero-order valence-electron chi connectivity index (χ0n) is 15.3. The van der Waals surface area contributed by atoms with Crippen molar-refractivity contribution in [3.8, 4) is 0 Å². The predicted octanol–water partition coefficient (Wildman–Crippen LogP) is 2.06. The molecular weight excluding hydrogens is 420 g/mol. The fraction of sp³-hybridized carbons (Fsp3) is 0.529. The number of likely N-dealkylation sites (tertiary alicyclic amines) is 1. The molecule has 0 N–H and O–H groups in total. The Morgan fingerprint density at radius 2 is 1.93 bits per heavy atom. The Kier molecular flexibility index (Phi) is 4.66. The Labute approximate surface area is 164 Å². The normalized spacial score (nSPS) is 22.2. The summed E-state index contributed by atoms with van der Waals surface area (Å²) in [4.78, 5) is 29.8. The van der Waals surface area contributed by atoms with Gasteiger partial charge >= 0.3 is 11.6 Å². The molecule has 0 saturated carbocycles. The van der Waals surface area contributed by atoms with Crippen molar-refractivity contribution in [2.45, 2.75) is 43.7 Å². The molecule has 1 fully saturated rings. The minimum absolute atomic E-state index is 0.262. The molecule has 0 aromatic carbocycles. The van der Waals surface area contributed by atoms with Crippen molar-refractivity contribution in [2.24, 2.45) is 0 Å². The van der Waals surface area contributed by atoms with Crippen LogP contribution in [0.5, 0.6) is 0 Å². The molecule has 2 aromatic heterocycles. The summed E-state index contributed by atoms with van der Waals surface area (Å²) >= 11 is 0. The topological polar surface area (TPSA) is 73.0 Å². The summed E-state index contributed by atoms with van der Waals surface area (Å²) < 4.78 is 83.5. The third-order valence-electron chi connectivity index (χ3n) is 5.19. The zero-order chi connectivity index (χ0) is 21.8. The Morgan fingerprint density at radius 3 is 2.57 bits per heavy atom. The molecule has 2 aliphatic rings. The van der Waals surface area contributed by atoms with Gasteiger partial charge in [-0.05, 0) is 6.42 Å². The lowest BCUT2D eigenvalue weighted by atomic mass is 10.0. The highest BCUT2D eigenvalue weighted by Gasteiger charge is 2.49. The highest BCUT2D eigenvalue weighted by atomic mass is 19.3. The number of hydrogen-bond acceptors (Lipinski definition) is 4. The van der Waals surface area contributed by atoms with Crippen molar-refractivity contribution in [2.75, 3.05) is 13.1 Å². The molecule has 0 radical (unpaired) electrons. The molecule has 13 heteroatoms. The first-order valence-electron chi connectivity index (χ1n) is 9.03. The maximum Gasteiger partial charge on any atom is 0.347 e. The summed E-state index contributed by atoms with van der Waals surface area (Å²) in [6.07, 6.45) is -1.13. The molecular formula is C17H15F6N5O2. The van der Waals surface area contributed by atoms with E-state index in [1.165, 1.54) is 0 Å². The van der Waals surface area contributed by atoms with Crippen LogP contribution in [0.25, 0.3) is 0 Å². The van der Waals surface area contributed by atoms with Crippen molar-refractivity contribution < 1.29 is 31.1 Å². The molecule has 7 nitrogen and oxygen atoms in total. The van der Waals surface area contributed by atoms with Crippen LogP contribution in [0.4, 0.5) is 26.3 Å². The fourth-order valence-electron chi connectivity index (χ4n) is 3.68. The quantitative estimate of drug-likeness (QED) is 0.692. The van der Waals surface area contributed by atoms with E-state index in [0.717, 1.165) is 4.90 Å². The SMILES string of the molecule is O=C(C1CCC(F)(F)c2nn(Cc3ncc(F)cc3F)c(=O)n21)N1CCC(F)(F)C1. The summed E-state index contributed by atoms with van der Waals surface area (Å²) in [5, 5.41) is 3.55. The predicted molar refractivity (Wildman–Crippen MR) is 88.1 cm³/mol. The number of carbonyl (C=O) groups excluding carboxylic acids is 1. The highest BCUT2D eigenvalue weighted by Crippen LogP contribution is 2.40. The molecule has 0 spiro atoms. The van der Waals surface area contributed by atoms with Crippen molar-refractivity contribution in [3.05, 3.63) is 45.9 Å². The van der Waals surface area contributed by atoms with Crippen molar-refractivity contribution in [1.29, 1.82) is 0 Å². The standard InChI is InChI=1S/C17H15F6N5O2/c18-9-5-10(19)11(24-6-9)7-27-15(30)28-12(1-2-17(22,23)14(28)25-27)13(29)26-4-3-16(20,21)8-26/h5-6,12H,1-4,7-8H2. The van der Waals surface area contributed by atoms with Gasteiger partial charge in [0.2, 0.25) is 11.7 Å². The van der Waals surface area contributed by atoms with Crippen LogP contribution in [-0.2, 0) is 17.3 Å². The second-order valence-electron chi connectivity index (χ2n) is 7.34. The number of carbonyl (C=O) groups is 1. The molecule has 1 amide bonds. The zero-order valence-corrected chi connectivity index (χ0v) is 15.3. The summed E-state index contributed by atoms with van der Waals surface area (Å²) in [5.41, 5.74) is -1.56. The van der Waals surface area contributed by atoms with Gasteiger partial charge in [-0.2, -0.15) is 8.78 Å². The van der Waals surface area contributed by atoms with Crippen LogP contribution in [0.2, 0.25) is 0 Å². The number of pyridine rings is 1. The van der Waals surface area contributed by atoms with E-state index in [0.29, 0.717) is 21.5 Å². The van der Waals surface area contributed by atoms with E-state index in [-0.39, 0.29) is 6.54 Å². The van der Waals surface area contributed by atoms with Gasteiger partial charge in [-0.15, -0.1) is 5.10 Å². The molecule has 4 heterocycles. The number of nitrogens with zero attached hydrogens (tertiary/aromatic N) is 5. The van der Waals surface area contributed by atoms with E-state index in [1.54, 1.807) is 0 Å². The molecule has 1 saturated heterocycles. The summed E-state index contributed by atoms with van der Waals surface area (Å²) in [6, 6.07) is -0.918. The van der Waals surface area contributed by atoms with Crippen LogP contribution >= 0.6 is 0 Å². The van der Waals surface area contributed by atoms with Crippen molar-refractivity contribution in [3.63, 3.8) is 0 Å². The Hall–Kier alpha value is -2.86. The lowest BCUT2D eigenvalue weighted by molar-refractivity contribution is -0.138. The van der Waals surface area contributed by atoms with Gasteiger partial charge in [0.1, 0.15) is 17.7 Å². The highest BCUT2D eigenvalue weighted by molar-refractivity contribution is 5.81. The van der Waals surface area contributed by atoms with Crippen molar-refractivity contribution in [1.82, 2.24) is 24.2 Å². The minimum Gasteiger partial charge on any atom is -0.335 e. The monoisotopic (exact) mass is 435 g/mol. The first-order chi connectivity index (χ1) is 14.0. The Morgan fingerprint density at radius 1 is 1.20 bits per heavy atom. The third-order valence-corrected chi connectivity index (χ3v) is 5.19. The van der Waals surface area contributed by atoms with Crippen LogP contribution in [-0.4, -0.2) is 49.2 Å². The molecule has 0 bridgehead atoms. The van der Waals surface area contributed by atoms with E-state index in [2.05, 4.69) is 10.1 Å². The van der Waals surface area contributed by atoms with Crippen molar-refractivity contribution >= 4 is 5.91 Å². The number of aromatic nitrogens is 4. The van der Waals surface area contributed by atoms with E-state index >= 15 is 0 Å². The van der Waals surface area contributed by atoms with E-state index in [4.69, 9.17) is 0 Å². The summed E-state index contributed by atoms with van der Waals surface area (Å²) in [5.74, 6) is -10.6. The van der Waals surface area contributed by atoms with Gasteiger partial charge in [-0.1, -0.05) is 0 Å². The third kappa shape index (κ3) is 3.45. The van der Waals surface area contributed by atoms with E-state index in [9.17, 15) is 35.9 Å².